The van der Waals surface area contributed by atoms with Crippen molar-refractivity contribution in [2.45, 2.75) is 18.4 Å². The van der Waals surface area contributed by atoms with Crippen LogP contribution in [0.25, 0.3) is 0 Å². The van der Waals surface area contributed by atoms with E-state index in [9.17, 15) is 9.59 Å². The molecule has 0 bridgehead atoms. The molecule has 8 heteroatoms. The highest BCUT2D eigenvalue weighted by Crippen LogP contribution is 2.49. The zero-order chi connectivity index (χ0) is 24.7. The van der Waals surface area contributed by atoms with E-state index < -0.39 is 12.0 Å². The molecular formula is C27H25ClN2O5. The Balaban J connectivity index is 1.69. The van der Waals surface area contributed by atoms with E-state index in [0.29, 0.717) is 45.6 Å². The zero-order valence-electron chi connectivity index (χ0n) is 19.6. The molecule has 0 spiro atoms. The third kappa shape index (κ3) is 3.86. The van der Waals surface area contributed by atoms with Crippen LogP contribution in [0.1, 0.15) is 39.0 Å². The molecule has 2 aliphatic rings. The summed E-state index contributed by atoms with van der Waals surface area (Å²) in [7, 11) is 4.58. The Bertz CT molecular complexity index is 1320. The van der Waals surface area contributed by atoms with Crippen LogP contribution in [-0.2, 0) is 11.2 Å². The van der Waals surface area contributed by atoms with Gasteiger partial charge >= 0.3 is 0 Å². The molecule has 3 aromatic rings. The van der Waals surface area contributed by atoms with E-state index in [1.165, 1.54) is 21.3 Å². The van der Waals surface area contributed by atoms with Crippen LogP contribution in [0.4, 0.5) is 5.69 Å². The Morgan fingerprint density at radius 2 is 1.66 bits per heavy atom. The number of fused-ring (bicyclic) bond motifs is 4. The third-order valence-electron chi connectivity index (χ3n) is 6.73. The normalized spacial score (nSPS) is 18.2. The number of rotatable bonds is 5. The SMILES string of the molecule is COc1ccc(Cl)cc1NC(=O)C1c2cc(OC)c(OC)cc2C(=O)N2CCc3ccccc3C12. The number of nitrogens with one attached hydrogen (secondary N) is 1. The first kappa shape index (κ1) is 23.1. The number of carbonyl (C=O) groups is 2. The van der Waals surface area contributed by atoms with Crippen LogP contribution >= 0.6 is 11.6 Å². The van der Waals surface area contributed by atoms with Gasteiger partial charge in [-0.1, -0.05) is 35.9 Å². The van der Waals surface area contributed by atoms with Crippen molar-refractivity contribution in [3.63, 3.8) is 0 Å². The average molecular weight is 493 g/mol. The molecule has 35 heavy (non-hydrogen) atoms. The van der Waals surface area contributed by atoms with Gasteiger partial charge in [-0.25, -0.2) is 0 Å². The molecule has 180 valence electrons. The lowest BCUT2D eigenvalue weighted by atomic mass is 9.75. The highest BCUT2D eigenvalue weighted by Gasteiger charge is 2.47. The highest BCUT2D eigenvalue weighted by molar-refractivity contribution is 6.31. The van der Waals surface area contributed by atoms with Gasteiger partial charge < -0.3 is 24.4 Å². The second-order valence-electron chi connectivity index (χ2n) is 8.50. The Labute approximate surface area is 208 Å². The standard InChI is InChI=1S/C27H25ClN2O5/c1-33-21-9-8-16(28)12-20(21)29-26(31)24-18-13-22(34-2)23(35-3)14-19(18)27(32)30-11-10-15-6-4-5-7-17(15)25(24)30/h4-9,12-14,24-25H,10-11H2,1-3H3,(H,29,31). The van der Waals surface area contributed by atoms with Crippen molar-refractivity contribution >= 4 is 29.1 Å². The molecule has 0 aliphatic carbocycles. The Kier molecular flexibility index (Phi) is 6.03. The lowest BCUT2D eigenvalue weighted by molar-refractivity contribution is -0.119. The Hall–Kier alpha value is -3.71. The summed E-state index contributed by atoms with van der Waals surface area (Å²) in [5, 5.41) is 3.47. The molecule has 0 radical (unpaired) electrons. The predicted octanol–water partition coefficient (Wildman–Crippen LogP) is 4.84. The molecule has 0 fully saturated rings. The van der Waals surface area contributed by atoms with Crippen molar-refractivity contribution in [1.29, 1.82) is 0 Å². The maximum atomic E-state index is 14.0. The number of hydrogen-bond acceptors (Lipinski definition) is 5. The summed E-state index contributed by atoms with van der Waals surface area (Å²) in [6.07, 6.45) is 0.720. The Morgan fingerprint density at radius 3 is 2.40 bits per heavy atom. The van der Waals surface area contributed by atoms with Crippen LogP contribution in [0.15, 0.2) is 54.6 Å². The summed E-state index contributed by atoms with van der Waals surface area (Å²) in [4.78, 5) is 29.5. The molecule has 2 amide bonds. The quantitative estimate of drug-likeness (QED) is 0.551. The minimum absolute atomic E-state index is 0.134. The molecular weight excluding hydrogens is 468 g/mol. The summed E-state index contributed by atoms with van der Waals surface area (Å²) in [6.45, 7) is 0.512. The van der Waals surface area contributed by atoms with Gasteiger partial charge in [-0.3, -0.25) is 9.59 Å². The van der Waals surface area contributed by atoms with Gasteiger partial charge in [0, 0.05) is 17.1 Å². The summed E-state index contributed by atoms with van der Waals surface area (Å²) < 4.78 is 16.4. The topological polar surface area (TPSA) is 77.1 Å². The van der Waals surface area contributed by atoms with E-state index in [1.807, 2.05) is 18.2 Å². The average Bonchev–Trinajstić information content (AvgIpc) is 2.88. The zero-order valence-corrected chi connectivity index (χ0v) is 20.4. The fourth-order valence-electron chi connectivity index (χ4n) is 5.12. The molecule has 1 N–H and O–H groups in total. The largest absolute Gasteiger partial charge is 0.495 e. The summed E-state index contributed by atoms with van der Waals surface area (Å²) in [6, 6.07) is 15.9. The van der Waals surface area contributed by atoms with Gasteiger partial charge in [0.05, 0.1) is 39.0 Å². The number of hydrogen-bond donors (Lipinski definition) is 1. The molecule has 2 unspecified atom stereocenters. The number of anilines is 1. The molecule has 0 aromatic heterocycles. The minimum atomic E-state index is -0.701. The van der Waals surface area contributed by atoms with Gasteiger partial charge in [-0.2, -0.15) is 0 Å². The minimum Gasteiger partial charge on any atom is -0.495 e. The van der Waals surface area contributed by atoms with Gasteiger partial charge in [-0.05, 0) is 53.4 Å². The van der Waals surface area contributed by atoms with Crippen molar-refractivity contribution in [1.82, 2.24) is 4.90 Å². The van der Waals surface area contributed by atoms with E-state index in [1.54, 1.807) is 35.2 Å². The highest BCUT2D eigenvalue weighted by atomic mass is 35.5. The third-order valence-corrected chi connectivity index (χ3v) is 6.97. The first-order valence-electron chi connectivity index (χ1n) is 11.3. The molecule has 3 aromatic carbocycles. The van der Waals surface area contributed by atoms with Crippen molar-refractivity contribution in [3.8, 4) is 17.2 Å². The number of ether oxygens (including phenoxy) is 3. The molecule has 2 heterocycles. The first-order valence-corrected chi connectivity index (χ1v) is 11.6. The van der Waals surface area contributed by atoms with Crippen molar-refractivity contribution in [2.75, 3.05) is 33.2 Å². The number of amides is 2. The van der Waals surface area contributed by atoms with E-state index in [2.05, 4.69) is 11.4 Å². The van der Waals surface area contributed by atoms with Crippen LogP contribution in [-0.4, -0.2) is 44.6 Å². The fourth-order valence-corrected chi connectivity index (χ4v) is 5.29. The van der Waals surface area contributed by atoms with Crippen LogP contribution in [0.3, 0.4) is 0 Å². The number of methoxy groups -OCH3 is 3. The van der Waals surface area contributed by atoms with Gasteiger partial charge in [0.2, 0.25) is 5.91 Å². The molecule has 5 rings (SSSR count). The van der Waals surface area contributed by atoms with Gasteiger partial charge in [0.1, 0.15) is 5.75 Å². The van der Waals surface area contributed by atoms with Crippen molar-refractivity contribution in [3.05, 3.63) is 81.9 Å². The number of benzene rings is 3. The maximum Gasteiger partial charge on any atom is 0.254 e. The molecule has 0 saturated carbocycles. The summed E-state index contributed by atoms with van der Waals surface area (Å²) >= 11 is 6.20. The van der Waals surface area contributed by atoms with E-state index >= 15 is 0 Å². The van der Waals surface area contributed by atoms with Gasteiger partial charge in [-0.15, -0.1) is 0 Å². The summed E-state index contributed by atoms with van der Waals surface area (Å²) in [5.74, 6) is 0.264. The lowest BCUT2D eigenvalue weighted by Crippen LogP contribution is -2.49. The molecule has 2 atom stereocenters. The second kappa shape index (κ2) is 9.15. The van der Waals surface area contributed by atoms with Crippen LogP contribution < -0.4 is 19.5 Å². The molecule has 0 saturated heterocycles. The number of nitrogens with zero attached hydrogens (tertiary/aromatic N) is 1. The van der Waals surface area contributed by atoms with E-state index in [4.69, 9.17) is 25.8 Å². The van der Waals surface area contributed by atoms with Gasteiger partial charge in [0.25, 0.3) is 5.91 Å². The Morgan fingerprint density at radius 1 is 0.943 bits per heavy atom. The molecule has 7 nitrogen and oxygen atoms in total. The van der Waals surface area contributed by atoms with E-state index in [-0.39, 0.29) is 11.8 Å². The monoisotopic (exact) mass is 492 g/mol. The maximum absolute atomic E-state index is 14.0. The van der Waals surface area contributed by atoms with Crippen LogP contribution in [0, 0.1) is 0 Å². The van der Waals surface area contributed by atoms with Crippen LogP contribution in [0.2, 0.25) is 5.02 Å². The lowest BCUT2D eigenvalue weighted by Gasteiger charge is -2.45. The smallest absolute Gasteiger partial charge is 0.254 e. The van der Waals surface area contributed by atoms with E-state index in [0.717, 1.165) is 17.5 Å². The number of halogens is 1. The number of carbonyl (C=O) groups excluding carboxylic acids is 2. The van der Waals surface area contributed by atoms with Crippen molar-refractivity contribution < 1.29 is 23.8 Å². The van der Waals surface area contributed by atoms with Crippen LogP contribution in [0.5, 0.6) is 17.2 Å². The fraction of sp³-hybridized carbons (Fsp3) is 0.259. The second-order valence-corrected chi connectivity index (χ2v) is 8.93. The van der Waals surface area contributed by atoms with Gasteiger partial charge in [0.15, 0.2) is 11.5 Å². The summed E-state index contributed by atoms with van der Waals surface area (Å²) in [5.41, 5.74) is 3.56. The predicted molar refractivity (Wildman–Crippen MR) is 133 cm³/mol. The van der Waals surface area contributed by atoms with Crippen molar-refractivity contribution in [2.24, 2.45) is 0 Å². The molecule has 2 aliphatic heterocycles. The first-order chi connectivity index (χ1) is 17.0.